The van der Waals surface area contributed by atoms with Gasteiger partial charge in [0.1, 0.15) is 0 Å². The number of benzene rings is 1. The number of hydrogen-bond donors (Lipinski definition) is 0. The Labute approximate surface area is 72.0 Å². The average Bonchev–Trinajstić information content (AvgIpc) is 1.95. The van der Waals surface area contributed by atoms with Crippen molar-refractivity contribution in [2.45, 2.75) is 13.8 Å². The van der Waals surface area contributed by atoms with Crippen molar-refractivity contribution in [1.29, 1.82) is 0 Å². The quantitative estimate of drug-likeness (QED) is 0.668. The lowest BCUT2D eigenvalue weighted by Gasteiger charge is -2.01. The molecule has 0 fully saturated rings. The molecule has 0 bridgehead atoms. The van der Waals surface area contributed by atoms with Crippen molar-refractivity contribution in [1.82, 2.24) is 0 Å². The van der Waals surface area contributed by atoms with E-state index in [0.717, 1.165) is 0 Å². The van der Waals surface area contributed by atoms with Gasteiger partial charge in [-0.05, 0) is 31.0 Å². The molecule has 1 rings (SSSR count). The maximum Gasteiger partial charge on any atom is 0.0103 e. The summed E-state index contributed by atoms with van der Waals surface area (Å²) in [6.07, 6.45) is 0. The summed E-state index contributed by atoms with van der Waals surface area (Å²) in [6, 6.07) is 6.45. The van der Waals surface area contributed by atoms with Crippen molar-refractivity contribution in [3.63, 3.8) is 0 Å². The van der Waals surface area contributed by atoms with Crippen LogP contribution in [0.3, 0.4) is 0 Å². The molecule has 0 aromatic heterocycles. The SMILES string of the molecule is C=Ic1cccc(C)c1C. The fourth-order valence-corrected chi connectivity index (χ4v) is 2.32. The van der Waals surface area contributed by atoms with Crippen LogP contribution >= 0.6 is 20.7 Å². The Morgan fingerprint density at radius 3 is 2.50 bits per heavy atom. The van der Waals surface area contributed by atoms with Gasteiger partial charge in [0.2, 0.25) is 0 Å². The van der Waals surface area contributed by atoms with Gasteiger partial charge < -0.3 is 0 Å². The lowest BCUT2D eigenvalue weighted by Crippen LogP contribution is -1.83. The molecule has 1 aromatic rings. The van der Waals surface area contributed by atoms with Gasteiger partial charge in [0.25, 0.3) is 0 Å². The van der Waals surface area contributed by atoms with E-state index < -0.39 is 0 Å². The van der Waals surface area contributed by atoms with Crippen LogP contribution in [0.25, 0.3) is 0 Å². The van der Waals surface area contributed by atoms with Gasteiger partial charge in [0.05, 0.1) is 0 Å². The summed E-state index contributed by atoms with van der Waals surface area (Å²) in [5.74, 6) is 0. The van der Waals surface area contributed by atoms with E-state index in [4.69, 9.17) is 0 Å². The molecule has 0 saturated heterocycles. The van der Waals surface area contributed by atoms with Crippen molar-refractivity contribution in [2.75, 3.05) is 0 Å². The Balaban J connectivity index is 3.27. The Morgan fingerprint density at radius 1 is 1.30 bits per heavy atom. The van der Waals surface area contributed by atoms with E-state index in [2.05, 4.69) is 36.6 Å². The first kappa shape index (κ1) is 7.92. The van der Waals surface area contributed by atoms with Crippen molar-refractivity contribution in [3.8, 4) is 0 Å². The van der Waals surface area contributed by atoms with Crippen LogP contribution in [0, 0.1) is 17.4 Å². The summed E-state index contributed by atoms with van der Waals surface area (Å²) < 4.78 is 5.44. The number of rotatable bonds is 1. The first-order chi connectivity index (χ1) is 4.75. The molecule has 1 heteroatoms. The first-order valence-electron chi connectivity index (χ1n) is 3.20. The normalized spacial score (nSPS) is 9.80. The van der Waals surface area contributed by atoms with E-state index in [0.29, 0.717) is 0 Å². The van der Waals surface area contributed by atoms with Gasteiger partial charge >= 0.3 is 0 Å². The number of halogens is 1. The van der Waals surface area contributed by atoms with Crippen molar-refractivity contribution in [3.05, 3.63) is 32.9 Å². The second kappa shape index (κ2) is 3.28. The van der Waals surface area contributed by atoms with Gasteiger partial charge in [-0.3, -0.25) is 0 Å². The second-order valence-corrected chi connectivity index (χ2v) is 4.24. The minimum absolute atomic E-state index is 0.0209. The highest BCUT2D eigenvalue weighted by Crippen LogP contribution is 2.17. The van der Waals surface area contributed by atoms with Gasteiger partial charge in [-0.1, -0.05) is 37.4 Å². The molecule has 54 valence electrons. The van der Waals surface area contributed by atoms with Crippen LogP contribution in [0.15, 0.2) is 18.2 Å². The topological polar surface area (TPSA) is 0 Å². The second-order valence-electron chi connectivity index (χ2n) is 2.32. The lowest BCUT2D eigenvalue weighted by molar-refractivity contribution is 1.31. The molecule has 0 radical (unpaired) electrons. The molecular weight excluding hydrogens is 235 g/mol. The van der Waals surface area contributed by atoms with E-state index in [1.54, 1.807) is 0 Å². The van der Waals surface area contributed by atoms with Crippen molar-refractivity contribution >= 4 is 25.2 Å². The molecule has 0 unspecified atom stereocenters. The standard InChI is InChI=1S/C9H11I/c1-7-5-4-6-9(10-3)8(7)2/h4-6H,3H2,1-2H3. The maximum atomic E-state index is 3.97. The van der Waals surface area contributed by atoms with Crippen LogP contribution in [-0.2, 0) is 0 Å². The van der Waals surface area contributed by atoms with Gasteiger partial charge in [-0.15, -0.1) is 0 Å². The third-order valence-electron chi connectivity index (χ3n) is 1.68. The molecule has 1 aromatic carbocycles. The summed E-state index contributed by atoms with van der Waals surface area (Å²) in [5, 5.41) is 0. The van der Waals surface area contributed by atoms with E-state index in [-0.39, 0.29) is 20.7 Å². The van der Waals surface area contributed by atoms with E-state index in [9.17, 15) is 0 Å². The minimum atomic E-state index is 0.0209. The summed E-state index contributed by atoms with van der Waals surface area (Å²) in [4.78, 5) is 0. The Bertz CT molecular complexity index is 251. The zero-order chi connectivity index (χ0) is 7.56. The van der Waals surface area contributed by atoms with Crippen LogP contribution in [0.1, 0.15) is 11.1 Å². The van der Waals surface area contributed by atoms with Gasteiger partial charge in [-0.25, -0.2) is 0 Å². The predicted molar refractivity (Wildman–Crippen MR) is 55.8 cm³/mol. The molecule has 0 saturated carbocycles. The molecule has 0 N–H and O–H groups in total. The molecule has 0 spiro atoms. The van der Waals surface area contributed by atoms with Crippen LogP contribution in [-0.4, -0.2) is 4.51 Å². The molecule has 0 atom stereocenters. The van der Waals surface area contributed by atoms with Crippen LogP contribution in [0.2, 0.25) is 0 Å². The largest absolute Gasteiger partial charge is 0.0934 e. The van der Waals surface area contributed by atoms with Crippen LogP contribution in [0.4, 0.5) is 0 Å². The Kier molecular flexibility index (Phi) is 2.60. The Morgan fingerprint density at radius 2 is 2.00 bits per heavy atom. The van der Waals surface area contributed by atoms with Gasteiger partial charge in [0.15, 0.2) is 0 Å². The molecular formula is C9H11I. The molecule has 0 heterocycles. The Hall–Kier alpha value is -0.180. The summed E-state index contributed by atoms with van der Waals surface area (Å²) in [5.41, 5.74) is 2.83. The highest BCUT2D eigenvalue weighted by atomic mass is 127. The summed E-state index contributed by atoms with van der Waals surface area (Å²) in [6.45, 7) is 4.33. The fourth-order valence-electron chi connectivity index (χ4n) is 0.860. The highest BCUT2D eigenvalue weighted by molar-refractivity contribution is 14.2. The zero-order valence-electron chi connectivity index (χ0n) is 6.32. The van der Waals surface area contributed by atoms with Gasteiger partial charge in [-0.2, -0.15) is 0 Å². The molecule has 0 aliphatic rings. The van der Waals surface area contributed by atoms with E-state index in [1.807, 2.05) is 0 Å². The molecule has 0 aliphatic carbocycles. The fraction of sp³-hybridized carbons (Fsp3) is 0.222. The number of aryl methyl sites for hydroxylation is 1. The predicted octanol–water partition coefficient (Wildman–Crippen LogP) is 2.88. The highest BCUT2D eigenvalue weighted by Gasteiger charge is 1.94. The van der Waals surface area contributed by atoms with E-state index >= 15 is 0 Å². The smallest absolute Gasteiger partial charge is 0.0103 e. The zero-order valence-corrected chi connectivity index (χ0v) is 8.47. The average molecular weight is 246 g/mol. The maximum absolute atomic E-state index is 3.97. The molecule has 0 amide bonds. The van der Waals surface area contributed by atoms with E-state index in [1.165, 1.54) is 14.7 Å². The lowest BCUT2D eigenvalue weighted by atomic mass is 10.1. The summed E-state index contributed by atoms with van der Waals surface area (Å²) >= 11 is 0.0209. The summed E-state index contributed by atoms with van der Waals surface area (Å²) in [7, 11) is 0. The third-order valence-corrected chi connectivity index (χ3v) is 3.67. The van der Waals surface area contributed by atoms with Crippen molar-refractivity contribution < 1.29 is 0 Å². The minimum Gasteiger partial charge on any atom is -0.0934 e. The van der Waals surface area contributed by atoms with Crippen LogP contribution in [0.5, 0.6) is 0 Å². The molecule has 10 heavy (non-hydrogen) atoms. The monoisotopic (exact) mass is 246 g/mol. The third kappa shape index (κ3) is 1.45. The molecule has 0 nitrogen and oxygen atoms in total. The van der Waals surface area contributed by atoms with Crippen LogP contribution < -0.4 is 0 Å². The van der Waals surface area contributed by atoms with Crippen molar-refractivity contribution in [2.24, 2.45) is 0 Å². The number of hydrogen-bond acceptors (Lipinski definition) is 0. The molecule has 0 aliphatic heterocycles. The first-order valence-corrected chi connectivity index (χ1v) is 5.80. The van der Waals surface area contributed by atoms with Gasteiger partial charge in [0, 0.05) is 3.57 Å².